The smallest absolute Gasteiger partial charge is 0.305 e. The number of esters is 2. The van der Waals surface area contributed by atoms with E-state index in [9.17, 15) is 18.0 Å². The molecule has 0 bridgehead atoms. The van der Waals surface area contributed by atoms with E-state index in [1.165, 1.54) is 64.2 Å². The van der Waals surface area contributed by atoms with E-state index in [4.69, 9.17) is 23.1 Å². The molecular formula is C41H78O9S. The van der Waals surface area contributed by atoms with Crippen molar-refractivity contribution in [3.63, 3.8) is 0 Å². The summed E-state index contributed by atoms with van der Waals surface area (Å²) in [5.74, 6) is -0.702. The zero-order valence-corrected chi connectivity index (χ0v) is 34.0. The average Bonchev–Trinajstić information content (AvgIpc) is 3.50. The van der Waals surface area contributed by atoms with Crippen molar-refractivity contribution in [1.29, 1.82) is 0 Å². The SMILES string of the molecule is CCCCCCCCCC(=O)OCCCCCCCC1(CCCCCCCOC(=O)CCCCCCCCC)OCC(CCCOS(C)(=O)=O)O1. The van der Waals surface area contributed by atoms with Gasteiger partial charge in [-0.1, -0.05) is 129 Å². The average molecular weight is 747 g/mol. The van der Waals surface area contributed by atoms with Crippen LogP contribution in [0, 0.1) is 0 Å². The van der Waals surface area contributed by atoms with Crippen LogP contribution in [0.3, 0.4) is 0 Å². The lowest BCUT2D eigenvalue weighted by molar-refractivity contribution is -0.180. The topological polar surface area (TPSA) is 114 Å². The summed E-state index contributed by atoms with van der Waals surface area (Å²) in [6, 6.07) is 0. The minimum atomic E-state index is -3.44. The molecular weight excluding hydrogens is 669 g/mol. The Morgan fingerprint density at radius 3 is 1.43 bits per heavy atom. The van der Waals surface area contributed by atoms with Gasteiger partial charge >= 0.3 is 11.9 Å². The number of hydrogen-bond acceptors (Lipinski definition) is 9. The molecule has 10 heteroatoms. The van der Waals surface area contributed by atoms with E-state index in [2.05, 4.69) is 13.8 Å². The number of carbonyl (C=O) groups excluding carboxylic acids is 2. The fraction of sp³-hybridized carbons (Fsp3) is 0.951. The summed E-state index contributed by atoms with van der Waals surface area (Å²) in [7, 11) is -3.44. The van der Waals surface area contributed by atoms with Gasteiger partial charge in [0.15, 0.2) is 5.79 Å². The third-order valence-electron chi connectivity index (χ3n) is 9.78. The molecule has 1 fully saturated rings. The normalized spacial score (nSPS) is 15.7. The van der Waals surface area contributed by atoms with Crippen LogP contribution in [0.1, 0.15) is 206 Å². The van der Waals surface area contributed by atoms with Crippen LogP contribution in [0.15, 0.2) is 0 Å². The van der Waals surface area contributed by atoms with Crippen molar-refractivity contribution in [1.82, 2.24) is 0 Å². The van der Waals surface area contributed by atoms with Crippen molar-refractivity contribution >= 4 is 22.1 Å². The molecule has 302 valence electrons. The lowest BCUT2D eigenvalue weighted by atomic mass is 9.99. The molecule has 0 aliphatic carbocycles. The van der Waals surface area contributed by atoms with Crippen LogP contribution in [0.2, 0.25) is 0 Å². The third-order valence-corrected chi connectivity index (χ3v) is 10.4. The van der Waals surface area contributed by atoms with Crippen molar-refractivity contribution in [2.45, 2.75) is 218 Å². The van der Waals surface area contributed by atoms with Gasteiger partial charge in [-0.05, 0) is 51.4 Å². The van der Waals surface area contributed by atoms with Crippen LogP contribution in [0.25, 0.3) is 0 Å². The monoisotopic (exact) mass is 747 g/mol. The quantitative estimate of drug-likeness (QED) is 0.0348. The summed E-state index contributed by atoms with van der Waals surface area (Å²) in [5.41, 5.74) is 0. The van der Waals surface area contributed by atoms with Crippen LogP contribution in [-0.2, 0) is 42.8 Å². The Hall–Kier alpha value is -1.23. The number of unbranched alkanes of at least 4 members (excludes halogenated alkanes) is 20. The van der Waals surface area contributed by atoms with Gasteiger partial charge in [0.1, 0.15) is 0 Å². The molecule has 1 aliphatic rings. The molecule has 9 nitrogen and oxygen atoms in total. The molecule has 1 saturated heterocycles. The predicted molar refractivity (Wildman–Crippen MR) is 206 cm³/mol. The summed E-state index contributed by atoms with van der Waals surface area (Å²) < 4.78 is 51.2. The molecule has 0 aromatic carbocycles. The fourth-order valence-corrected chi connectivity index (χ4v) is 7.11. The standard InChI is InChI=1S/C41H78O9S/c1-4-6-8-10-12-16-22-30-39(42)46-34-26-20-14-18-24-32-41(48-37-38(50-41)29-28-36-49-51(3,44)45)33-25-19-15-21-27-35-47-40(43)31-23-17-13-11-9-7-5-2/h38H,4-37H2,1-3H3. The number of rotatable bonds is 37. The second-order valence-corrected chi connectivity index (χ2v) is 16.5. The van der Waals surface area contributed by atoms with Gasteiger partial charge in [-0.25, -0.2) is 0 Å². The molecule has 51 heavy (non-hydrogen) atoms. The van der Waals surface area contributed by atoms with E-state index in [1.807, 2.05) is 0 Å². The van der Waals surface area contributed by atoms with Crippen LogP contribution < -0.4 is 0 Å². The highest BCUT2D eigenvalue weighted by molar-refractivity contribution is 7.85. The minimum absolute atomic E-state index is 0.0559. The minimum Gasteiger partial charge on any atom is -0.466 e. The highest BCUT2D eigenvalue weighted by Crippen LogP contribution is 2.36. The van der Waals surface area contributed by atoms with Crippen molar-refractivity contribution < 1.29 is 41.1 Å². The van der Waals surface area contributed by atoms with E-state index in [0.717, 1.165) is 109 Å². The lowest BCUT2D eigenvalue weighted by Gasteiger charge is -2.28. The van der Waals surface area contributed by atoms with E-state index < -0.39 is 15.9 Å². The summed E-state index contributed by atoms with van der Waals surface area (Å²) >= 11 is 0. The van der Waals surface area contributed by atoms with Gasteiger partial charge in [0, 0.05) is 25.7 Å². The maximum Gasteiger partial charge on any atom is 0.305 e. The second kappa shape index (κ2) is 32.2. The summed E-state index contributed by atoms with van der Waals surface area (Å²) in [6.07, 6.45) is 32.1. The lowest BCUT2D eigenvalue weighted by Crippen LogP contribution is -2.31. The molecule has 1 aliphatic heterocycles. The van der Waals surface area contributed by atoms with Gasteiger partial charge in [0.25, 0.3) is 10.1 Å². The van der Waals surface area contributed by atoms with Gasteiger partial charge in [0.2, 0.25) is 0 Å². The molecule has 1 heterocycles. The van der Waals surface area contributed by atoms with Crippen LogP contribution >= 0.6 is 0 Å². The van der Waals surface area contributed by atoms with Gasteiger partial charge in [-0.15, -0.1) is 0 Å². The molecule has 0 amide bonds. The maximum atomic E-state index is 12.0. The van der Waals surface area contributed by atoms with Crippen molar-refractivity contribution in [2.24, 2.45) is 0 Å². The number of carbonyl (C=O) groups is 2. The fourth-order valence-electron chi connectivity index (χ4n) is 6.69. The van der Waals surface area contributed by atoms with E-state index in [0.29, 0.717) is 45.5 Å². The molecule has 0 spiro atoms. The molecule has 1 rings (SSSR count). The van der Waals surface area contributed by atoms with E-state index in [-0.39, 0.29) is 24.6 Å². The third kappa shape index (κ3) is 29.9. The highest BCUT2D eigenvalue weighted by Gasteiger charge is 2.40. The Balaban J connectivity index is 2.24. The Morgan fingerprint density at radius 1 is 0.569 bits per heavy atom. The van der Waals surface area contributed by atoms with Gasteiger partial charge < -0.3 is 18.9 Å². The summed E-state index contributed by atoms with van der Waals surface area (Å²) in [6.45, 7) is 6.16. The Labute approximate surface area is 313 Å². The first-order valence-electron chi connectivity index (χ1n) is 21.2. The molecule has 0 aromatic heterocycles. The predicted octanol–water partition coefficient (Wildman–Crippen LogP) is 10.9. The van der Waals surface area contributed by atoms with Gasteiger partial charge in [0.05, 0.1) is 38.8 Å². The van der Waals surface area contributed by atoms with Gasteiger partial charge in [-0.3, -0.25) is 13.8 Å². The second-order valence-electron chi connectivity index (χ2n) is 14.8. The molecule has 1 unspecified atom stereocenters. The van der Waals surface area contributed by atoms with Crippen molar-refractivity contribution in [3.8, 4) is 0 Å². The van der Waals surface area contributed by atoms with Crippen LogP contribution in [0.5, 0.6) is 0 Å². The first-order chi connectivity index (χ1) is 24.7. The summed E-state index contributed by atoms with van der Waals surface area (Å²) in [4.78, 5) is 24.0. The molecule has 0 saturated carbocycles. The Kier molecular flexibility index (Phi) is 30.2. The maximum absolute atomic E-state index is 12.0. The van der Waals surface area contributed by atoms with Crippen LogP contribution in [0.4, 0.5) is 0 Å². The zero-order valence-electron chi connectivity index (χ0n) is 33.2. The molecule has 0 radical (unpaired) electrons. The van der Waals surface area contributed by atoms with Crippen LogP contribution in [-0.4, -0.2) is 64.9 Å². The Morgan fingerprint density at radius 2 is 0.980 bits per heavy atom. The first kappa shape index (κ1) is 47.8. The largest absolute Gasteiger partial charge is 0.466 e. The first-order valence-corrected chi connectivity index (χ1v) is 23.0. The van der Waals surface area contributed by atoms with Crippen molar-refractivity contribution in [2.75, 3.05) is 32.7 Å². The number of hydrogen-bond donors (Lipinski definition) is 0. The molecule has 1 atom stereocenters. The molecule has 0 aromatic rings. The molecule has 0 N–H and O–H groups in total. The van der Waals surface area contributed by atoms with Gasteiger partial charge in [-0.2, -0.15) is 8.42 Å². The number of ether oxygens (including phenoxy) is 4. The van der Waals surface area contributed by atoms with E-state index >= 15 is 0 Å². The van der Waals surface area contributed by atoms with Crippen molar-refractivity contribution in [3.05, 3.63) is 0 Å². The Bertz CT molecular complexity index is 893. The highest BCUT2D eigenvalue weighted by atomic mass is 32.2. The van der Waals surface area contributed by atoms with E-state index in [1.54, 1.807) is 0 Å². The zero-order chi connectivity index (χ0) is 37.3. The summed E-state index contributed by atoms with van der Waals surface area (Å²) in [5, 5.41) is 0.